The fourth-order valence-corrected chi connectivity index (χ4v) is 4.09. The fraction of sp³-hybridized carbons (Fsp3) is 0.684. The SMILES string of the molecule is CCCNC(=O)CN1CCC(NC(=NCC(O)c2ccc(Cl)s2)NCC)CC1. The molecule has 2 rings (SSSR count). The summed E-state index contributed by atoms with van der Waals surface area (Å²) in [6, 6.07) is 3.93. The first-order valence-electron chi connectivity index (χ1n) is 9.99. The second-order valence-electron chi connectivity index (χ2n) is 6.92. The van der Waals surface area contributed by atoms with Gasteiger partial charge in [0.1, 0.15) is 6.10 Å². The minimum absolute atomic E-state index is 0.103. The van der Waals surface area contributed by atoms with Gasteiger partial charge in [0.15, 0.2) is 5.96 Å². The first-order chi connectivity index (χ1) is 13.5. The van der Waals surface area contributed by atoms with Gasteiger partial charge in [0.05, 0.1) is 17.4 Å². The maximum Gasteiger partial charge on any atom is 0.234 e. The number of aliphatic imine (C=N–C) groups is 1. The van der Waals surface area contributed by atoms with Crippen LogP contribution in [0.15, 0.2) is 17.1 Å². The van der Waals surface area contributed by atoms with E-state index in [4.69, 9.17) is 11.6 Å². The van der Waals surface area contributed by atoms with Gasteiger partial charge in [-0.05, 0) is 38.3 Å². The second kappa shape index (κ2) is 12.3. The van der Waals surface area contributed by atoms with E-state index in [0.29, 0.717) is 22.9 Å². The molecule has 1 aromatic heterocycles. The van der Waals surface area contributed by atoms with Crippen molar-refractivity contribution in [1.29, 1.82) is 0 Å². The number of carbonyl (C=O) groups is 1. The summed E-state index contributed by atoms with van der Waals surface area (Å²) in [7, 11) is 0. The van der Waals surface area contributed by atoms with Gasteiger partial charge in [-0.1, -0.05) is 18.5 Å². The number of aliphatic hydroxyl groups excluding tert-OH is 1. The number of rotatable bonds is 9. The van der Waals surface area contributed by atoms with Crippen LogP contribution in [0, 0.1) is 0 Å². The highest BCUT2D eigenvalue weighted by Crippen LogP contribution is 2.26. The molecule has 158 valence electrons. The van der Waals surface area contributed by atoms with Crippen LogP contribution in [0.25, 0.3) is 0 Å². The molecule has 2 heterocycles. The van der Waals surface area contributed by atoms with Crippen LogP contribution in [0.2, 0.25) is 4.34 Å². The molecule has 0 aromatic carbocycles. The van der Waals surface area contributed by atoms with Crippen LogP contribution in [0.3, 0.4) is 0 Å². The van der Waals surface area contributed by atoms with Gasteiger partial charge in [-0.25, -0.2) is 0 Å². The van der Waals surface area contributed by atoms with E-state index >= 15 is 0 Å². The summed E-state index contributed by atoms with van der Waals surface area (Å²) in [5, 5.41) is 19.9. The van der Waals surface area contributed by atoms with Crippen molar-refractivity contribution in [2.75, 3.05) is 39.3 Å². The predicted molar refractivity (Wildman–Crippen MR) is 116 cm³/mol. The average molecular weight is 430 g/mol. The summed E-state index contributed by atoms with van der Waals surface area (Å²) in [5.41, 5.74) is 0. The molecule has 1 aliphatic rings. The number of hydrogen-bond donors (Lipinski definition) is 4. The Morgan fingerprint density at radius 2 is 2.11 bits per heavy atom. The second-order valence-corrected chi connectivity index (χ2v) is 8.67. The molecule has 1 atom stereocenters. The molecule has 1 amide bonds. The van der Waals surface area contributed by atoms with Crippen LogP contribution in [0.1, 0.15) is 44.1 Å². The number of likely N-dealkylation sites (tertiary alicyclic amines) is 1. The summed E-state index contributed by atoms with van der Waals surface area (Å²) in [6.45, 7) is 8.07. The number of nitrogens with one attached hydrogen (secondary N) is 3. The first-order valence-corrected chi connectivity index (χ1v) is 11.2. The molecular formula is C19H32ClN5O2S. The van der Waals surface area contributed by atoms with E-state index in [1.54, 1.807) is 6.07 Å². The monoisotopic (exact) mass is 429 g/mol. The summed E-state index contributed by atoms with van der Waals surface area (Å²) in [4.78, 5) is 19.4. The molecule has 7 nitrogen and oxygen atoms in total. The number of guanidine groups is 1. The molecule has 1 fully saturated rings. The maximum absolute atomic E-state index is 11.9. The normalized spacial score (nSPS) is 17.4. The molecule has 1 unspecified atom stereocenters. The largest absolute Gasteiger partial charge is 0.386 e. The zero-order valence-corrected chi connectivity index (χ0v) is 18.3. The molecule has 1 saturated heterocycles. The molecule has 1 aromatic rings. The molecule has 28 heavy (non-hydrogen) atoms. The topological polar surface area (TPSA) is 89.0 Å². The highest BCUT2D eigenvalue weighted by molar-refractivity contribution is 7.16. The molecule has 0 radical (unpaired) electrons. The lowest BCUT2D eigenvalue weighted by molar-refractivity contribution is -0.122. The third-order valence-corrected chi connectivity index (χ3v) is 5.89. The zero-order chi connectivity index (χ0) is 20.4. The molecule has 9 heteroatoms. The van der Waals surface area contributed by atoms with Gasteiger partial charge in [-0.3, -0.25) is 14.7 Å². The summed E-state index contributed by atoms with van der Waals surface area (Å²) >= 11 is 7.31. The van der Waals surface area contributed by atoms with E-state index in [1.165, 1.54) is 11.3 Å². The van der Waals surface area contributed by atoms with Gasteiger partial charge in [0.2, 0.25) is 5.91 Å². The Morgan fingerprint density at radius 3 is 2.71 bits per heavy atom. The minimum Gasteiger partial charge on any atom is -0.386 e. The lowest BCUT2D eigenvalue weighted by Crippen LogP contribution is -2.50. The Kier molecular flexibility index (Phi) is 10.0. The lowest BCUT2D eigenvalue weighted by Gasteiger charge is -2.32. The highest BCUT2D eigenvalue weighted by Gasteiger charge is 2.21. The number of amides is 1. The molecule has 4 N–H and O–H groups in total. The van der Waals surface area contributed by atoms with E-state index in [0.717, 1.165) is 50.3 Å². The van der Waals surface area contributed by atoms with Crippen molar-refractivity contribution in [3.05, 3.63) is 21.3 Å². The Bertz CT molecular complexity index is 632. The van der Waals surface area contributed by atoms with Crippen LogP contribution in [0.4, 0.5) is 0 Å². The van der Waals surface area contributed by atoms with Crippen LogP contribution in [-0.4, -0.2) is 67.2 Å². The van der Waals surface area contributed by atoms with Gasteiger partial charge in [-0.15, -0.1) is 11.3 Å². The van der Waals surface area contributed by atoms with Gasteiger partial charge in [0, 0.05) is 37.1 Å². The number of halogens is 1. The van der Waals surface area contributed by atoms with Gasteiger partial charge in [0.25, 0.3) is 0 Å². The van der Waals surface area contributed by atoms with Crippen LogP contribution >= 0.6 is 22.9 Å². The van der Waals surface area contributed by atoms with Gasteiger partial charge >= 0.3 is 0 Å². The number of hydrogen-bond acceptors (Lipinski definition) is 5. The Balaban J connectivity index is 1.78. The minimum atomic E-state index is -0.656. The molecule has 0 saturated carbocycles. The molecular weight excluding hydrogens is 398 g/mol. The average Bonchev–Trinajstić information content (AvgIpc) is 3.12. The van der Waals surface area contributed by atoms with E-state index in [1.807, 2.05) is 13.0 Å². The third-order valence-electron chi connectivity index (χ3n) is 4.56. The third kappa shape index (κ3) is 7.95. The standard InChI is InChI=1S/C19H32ClN5O2S/c1-3-9-22-18(27)13-25-10-7-14(8-11-25)24-19(21-4-2)23-12-15(26)16-5-6-17(20)28-16/h5-6,14-15,26H,3-4,7-13H2,1-2H3,(H,22,27)(H2,21,23,24). The van der Waals surface area contributed by atoms with Crippen molar-refractivity contribution in [2.24, 2.45) is 4.99 Å². The van der Waals surface area contributed by atoms with Gasteiger partial charge in [-0.2, -0.15) is 0 Å². The summed E-state index contributed by atoms with van der Waals surface area (Å²) < 4.78 is 0.665. The van der Waals surface area contributed by atoms with Gasteiger partial charge < -0.3 is 21.1 Å². The van der Waals surface area contributed by atoms with E-state index < -0.39 is 6.10 Å². The maximum atomic E-state index is 11.9. The Hall–Kier alpha value is -1.35. The molecule has 1 aliphatic heterocycles. The van der Waals surface area contributed by atoms with Crippen molar-refractivity contribution >= 4 is 34.8 Å². The van der Waals surface area contributed by atoms with Crippen LogP contribution in [0.5, 0.6) is 0 Å². The quantitative estimate of drug-likeness (QED) is 0.356. The number of piperidine rings is 1. The van der Waals surface area contributed by atoms with Crippen molar-refractivity contribution in [2.45, 2.75) is 45.3 Å². The summed E-state index contributed by atoms with van der Waals surface area (Å²) in [6.07, 6.45) is 2.21. The Labute approximate surface area is 176 Å². The zero-order valence-electron chi connectivity index (χ0n) is 16.7. The first kappa shape index (κ1) is 22.9. The number of nitrogens with zero attached hydrogens (tertiary/aromatic N) is 2. The fourth-order valence-electron chi connectivity index (χ4n) is 3.05. The number of carbonyl (C=O) groups excluding carboxylic acids is 1. The Morgan fingerprint density at radius 1 is 1.36 bits per heavy atom. The predicted octanol–water partition coefficient (Wildman–Crippen LogP) is 1.98. The molecule has 0 spiro atoms. The van der Waals surface area contributed by atoms with Crippen molar-refractivity contribution in [1.82, 2.24) is 20.9 Å². The van der Waals surface area contributed by atoms with E-state index in [9.17, 15) is 9.90 Å². The van der Waals surface area contributed by atoms with Crippen molar-refractivity contribution in [3.8, 4) is 0 Å². The van der Waals surface area contributed by atoms with E-state index in [2.05, 4.69) is 32.8 Å². The van der Waals surface area contributed by atoms with Crippen LogP contribution in [-0.2, 0) is 4.79 Å². The highest BCUT2D eigenvalue weighted by atomic mass is 35.5. The molecule has 0 aliphatic carbocycles. The van der Waals surface area contributed by atoms with Crippen LogP contribution < -0.4 is 16.0 Å². The van der Waals surface area contributed by atoms with E-state index in [-0.39, 0.29) is 12.5 Å². The number of aliphatic hydroxyl groups is 1. The lowest BCUT2D eigenvalue weighted by atomic mass is 10.1. The molecule has 0 bridgehead atoms. The summed E-state index contributed by atoms with van der Waals surface area (Å²) in [5.74, 6) is 0.814. The van der Waals surface area contributed by atoms with Crippen molar-refractivity contribution in [3.63, 3.8) is 0 Å². The van der Waals surface area contributed by atoms with Crippen molar-refractivity contribution < 1.29 is 9.90 Å². The smallest absolute Gasteiger partial charge is 0.234 e. The number of thiophene rings is 1.